The monoisotopic (exact) mass is 310 g/mol. The molecule has 0 atom stereocenters. The summed E-state index contributed by atoms with van der Waals surface area (Å²) in [5.41, 5.74) is 0.553. The molecular weight excluding hydrogens is 297 g/mol. The first-order chi connectivity index (χ1) is 9.37. The molecule has 0 radical (unpaired) electrons. The summed E-state index contributed by atoms with van der Waals surface area (Å²) in [4.78, 5) is 11.5. The Morgan fingerprint density at radius 1 is 1.35 bits per heavy atom. The third-order valence-electron chi connectivity index (χ3n) is 2.08. The van der Waals surface area contributed by atoms with E-state index in [0.717, 1.165) is 0 Å². The van der Waals surface area contributed by atoms with Gasteiger partial charge in [-0.2, -0.15) is 13.2 Å². The number of hydrogen-bond donors (Lipinski definition) is 2. The van der Waals surface area contributed by atoms with Crippen LogP contribution in [0.25, 0.3) is 0 Å². The number of benzene rings is 1. The van der Waals surface area contributed by atoms with Crippen LogP contribution in [0.3, 0.4) is 0 Å². The van der Waals surface area contributed by atoms with Crippen LogP contribution in [0.15, 0.2) is 24.3 Å². The van der Waals surface area contributed by atoms with Crippen LogP contribution < -0.4 is 10.6 Å². The first-order valence-electron chi connectivity index (χ1n) is 5.77. The third-order valence-corrected chi connectivity index (χ3v) is 2.32. The molecule has 0 heterocycles. The fourth-order valence-corrected chi connectivity index (χ4v) is 1.50. The van der Waals surface area contributed by atoms with Crippen LogP contribution >= 0.6 is 11.6 Å². The molecule has 0 aliphatic rings. The summed E-state index contributed by atoms with van der Waals surface area (Å²) in [6.45, 7) is -1.28. The van der Waals surface area contributed by atoms with E-state index < -0.39 is 12.8 Å². The molecule has 4 nitrogen and oxygen atoms in total. The zero-order chi connectivity index (χ0) is 15.0. The SMILES string of the molecule is O=C(CNCCOCC(F)(F)F)Nc1cccc(Cl)c1. The van der Waals surface area contributed by atoms with Crippen molar-refractivity contribution in [2.75, 3.05) is 31.6 Å². The number of anilines is 1. The van der Waals surface area contributed by atoms with Crippen molar-refractivity contribution < 1.29 is 22.7 Å². The van der Waals surface area contributed by atoms with E-state index in [1.807, 2.05) is 0 Å². The maximum Gasteiger partial charge on any atom is 0.411 e. The minimum Gasteiger partial charge on any atom is -0.371 e. The molecule has 0 spiro atoms. The molecular formula is C12H14ClF3N2O2. The summed E-state index contributed by atoms with van der Waals surface area (Å²) in [6, 6.07) is 6.63. The third kappa shape index (κ3) is 7.98. The number of ether oxygens (including phenoxy) is 1. The number of carbonyl (C=O) groups is 1. The van der Waals surface area contributed by atoms with Crippen LogP contribution in [0, 0.1) is 0 Å². The van der Waals surface area contributed by atoms with Gasteiger partial charge < -0.3 is 15.4 Å². The second kappa shape index (κ2) is 8.08. The van der Waals surface area contributed by atoms with Crippen LogP contribution in [-0.2, 0) is 9.53 Å². The molecule has 0 bridgehead atoms. The van der Waals surface area contributed by atoms with Crippen molar-refractivity contribution in [3.8, 4) is 0 Å². The van der Waals surface area contributed by atoms with E-state index in [2.05, 4.69) is 15.4 Å². The van der Waals surface area contributed by atoms with E-state index in [-0.39, 0.29) is 25.6 Å². The Labute approximate surface area is 119 Å². The minimum absolute atomic E-state index is 0.0259. The molecule has 1 aromatic carbocycles. The average Bonchev–Trinajstić information content (AvgIpc) is 2.32. The Morgan fingerprint density at radius 2 is 2.10 bits per heavy atom. The fourth-order valence-electron chi connectivity index (χ4n) is 1.31. The van der Waals surface area contributed by atoms with Crippen LogP contribution in [0.1, 0.15) is 0 Å². The van der Waals surface area contributed by atoms with Crippen molar-refractivity contribution in [1.82, 2.24) is 5.32 Å². The molecule has 0 aliphatic heterocycles. The Kier molecular flexibility index (Phi) is 6.77. The highest BCUT2D eigenvalue weighted by Gasteiger charge is 2.27. The van der Waals surface area contributed by atoms with Crippen LogP contribution in [0.4, 0.5) is 18.9 Å². The molecule has 0 saturated carbocycles. The van der Waals surface area contributed by atoms with E-state index in [1.165, 1.54) is 0 Å². The van der Waals surface area contributed by atoms with Crippen LogP contribution in [-0.4, -0.2) is 38.4 Å². The lowest BCUT2D eigenvalue weighted by molar-refractivity contribution is -0.173. The van der Waals surface area contributed by atoms with Crippen molar-refractivity contribution in [3.63, 3.8) is 0 Å². The number of amides is 1. The van der Waals surface area contributed by atoms with Crippen LogP contribution in [0.5, 0.6) is 0 Å². The standard InChI is InChI=1S/C12H14ClF3N2O2/c13-9-2-1-3-10(6-9)18-11(19)7-17-4-5-20-8-12(14,15)16/h1-3,6,17H,4-5,7-8H2,(H,18,19). The first-order valence-corrected chi connectivity index (χ1v) is 6.15. The molecule has 0 aliphatic carbocycles. The number of alkyl halides is 3. The van der Waals surface area contributed by atoms with E-state index in [9.17, 15) is 18.0 Å². The van der Waals surface area contributed by atoms with Gasteiger partial charge in [-0.25, -0.2) is 0 Å². The number of rotatable bonds is 7. The largest absolute Gasteiger partial charge is 0.411 e. The number of halogens is 4. The van der Waals surface area contributed by atoms with E-state index >= 15 is 0 Å². The molecule has 1 aromatic rings. The van der Waals surface area contributed by atoms with Crippen molar-refractivity contribution >= 4 is 23.2 Å². The van der Waals surface area contributed by atoms with Crippen molar-refractivity contribution in [2.45, 2.75) is 6.18 Å². The predicted molar refractivity (Wildman–Crippen MR) is 69.8 cm³/mol. The molecule has 1 amide bonds. The van der Waals surface area contributed by atoms with Crippen molar-refractivity contribution in [3.05, 3.63) is 29.3 Å². The molecule has 0 aromatic heterocycles. The lowest BCUT2D eigenvalue weighted by atomic mass is 10.3. The van der Waals surface area contributed by atoms with Gasteiger partial charge in [-0.1, -0.05) is 17.7 Å². The van der Waals surface area contributed by atoms with E-state index in [0.29, 0.717) is 10.7 Å². The van der Waals surface area contributed by atoms with Gasteiger partial charge in [0.2, 0.25) is 5.91 Å². The predicted octanol–water partition coefficient (Wildman–Crippen LogP) is 2.45. The molecule has 0 fully saturated rings. The maximum atomic E-state index is 11.7. The van der Waals surface area contributed by atoms with Gasteiger partial charge in [-0.15, -0.1) is 0 Å². The molecule has 0 saturated heterocycles. The Bertz CT molecular complexity index is 441. The van der Waals surface area contributed by atoms with Crippen molar-refractivity contribution in [1.29, 1.82) is 0 Å². The highest BCUT2D eigenvalue weighted by molar-refractivity contribution is 6.30. The lowest BCUT2D eigenvalue weighted by Crippen LogP contribution is -2.31. The topological polar surface area (TPSA) is 50.4 Å². The summed E-state index contributed by atoms with van der Waals surface area (Å²) in [6.07, 6.45) is -4.33. The summed E-state index contributed by atoms with van der Waals surface area (Å²) in [7, 11) is 0. The Morgan fingerprint density at radius 3 is 2.75 bits per heavy atom. The second-order valence-electron chi connectivity index (χ2n) is 3.90. The number of carbonyl (C=O) groups excluding carboxylic acids is 1. The zero-order valence-corrected chi connectivity index (χ0v) is 11.2. The average molecular weight is 311 g/mol. The summed E-state index contributed by atoms with van der Waals surface area (Å²) < 4.78 is 39.6. The molecule has 0 unspecified atom stereocenters. The molecule has 20 heavy (non-hydrogen) atoms. The maximum absolute atomic E-state index is 11.7. The second-order valence-corrected chi connectivity index (χ2v) is 4.34. The lowest BCUT2D eigenvalue weighted by Gasteiger charge is -2.09. The van der Waals surface area contributed by atoms with Gasteiger partial charge in [0, 0.05) is 17.3 Å². The smallest absolute Gasteiger partial charge is 0.371 e. The highest BCUT2D eigenvalue weighted by Crippen LogP contribution is 2.15. The van der Waals surface area contributed by atoms with Gasteiger partial charge in [0.25, 0.3) is 0 Å². The van der Waals surface area contributed by atoms with Gasteiger partial charge in [-0.05, 0) is 18.2 Å². The first kappa shape index (κ1) is 16.7. The Balaban J connectivity index is 2.12. The fraction of sp³-hybridized carbons (Fsp3) is 0.417. The van der Waals surface area contributed by atoms with Gasteiger partial charge in [-0.3, -0.25) is 4.79 Å². The zero-order valence-electron chi connectivity index (χ0n) is 10.5. The number of hydrogen-bond acceptors (Lipinski definition) is 3. The van der Waals surface area contributed by atoms with Crippen LogP contribution in [0.2, 0.25) is 5.02 Å². The minimum atomic E-state index is -4.33. The van der Waals surface area contributed by atoms with Gasteiger partial charge in [0.05, 0.1) is 13.2 Å². The van der Waals surface area contributed by atoms with Crippen molar-refractivity contribution in [2.24, 2.45) is 0 Å². The van der Waals surface area contributed by atoms with Gasteiger partial charge >= 0.3 is 6.18 Å². The van der Waals surface area contributed by atoms with Gasteiger partial charge in [0.15, 0.2) is 0 Å². The normalized spacial score (nSPS) is 11.4. The van der Waals surface area contributed by atoms with E-state index in [4.69, 9.17) is 11.6 Å². The summed E-state index contributed by atoms with van der Waals surface area (Å²) in [5, 5.41) is 5.76. The molecule has 112 valence electrons. The molecule has 2 N–H and O–H groups in total. The van der Waals surface area contributed by atoms with Gasteiger partial charge in [0.1, 0.15) is 6.61 Å². The quantitative estimate of drug-likeness (QED) is 0.761. The number of nitrogens with one attached hydrogen (secondary N) is 2. The highest BCUT2D eigenvalue weighted by atomic mass is 35.5. The summed E-state index contributed by atoms with van der Waals surface area (Å²) >= 11 is 5.75. The molecule has 8 heteroatoms. The molecule has 1 rings (SSSR count). The van der Waals surface area contributed by atoms with E-state index in [1.54, 1.807) is 24.3 Å². The summed E-state index contributed by atoms with van der Waals surface area (Å²) in [5.74, 6) is -0.317. The Hall–Kier alpha value is -1.31.